The van der Waals surface area contributed by atoms with Gasteiger partial charge in [0, 0.05) is 6.42 Å². The average molecular weight is 307 g/mol. The van der Waals surface area contributed by atoms with E-state index < -0.39 is 48.7 Å². The van der Waals surface area contributed by atoms with Gasteiger partial charge in [0.2, 0.25) is 0 Å². The average Bonchev–Trinajstić information content (AvgIpc) is 2.33. The Balaban J connectivity index is 0.000000441. The van der Waals surface area contributed by atoms with E-state index in [1.54, 1.807) is 0 Å². The molecule has 120 valence electrons. The number of carboxylic acids is 1. The highest BCUT2D eigenvalue weighted by atomic mass is 19.4. The SMILES string of the molecule is N[C@H]1[C@@H](O)[C@H](O)C[C@](O)(CO)[C@@H]1O.O=C(O)C(F)(F)F. The summed E-state index contributed by atoms with van der Waals surface area (Å²) in [6.07, 6.45) is -9.31. The van der Waals surface area contributed by atoms with Gasteiger partial charge in [-0.15, -0.1) is 0 Å². The zero-order valence-electron chi connectivity index (χ0n) is 10.0. The Hall–Kier alpha value is -0.980. The minimum absolute atomic E-state index is 0.292. The number of hydrogen-bond donors (Lipinski definition) is 7. The van der Waals surface area contributed by atoms with Crippen molar-refractivity contribution in [3.63, 3.8) is 0 Å². The normalized spacial score (nSPS) is 37.9. The van der Waals surface area contributed by atoms with E-state index in [0.717, 1.165) is 0 Å². The van der Waals surface area contributed by atoms with Crippen molar-refractivity contribution in [2.24, 2.45) is 5.73 Å². The lowest BCUT2D eigenvalue weighted by Crippen LogP contribution is -2.67. The maximum Gasteiger partial charge on any atom is 0.490 e. The molecule has 0 aromatic carbocycles. The van der Waals surface area contributed by atoms with Crippen LogP contribution in [0, 0.1) is 0 Å². The van der Waals surface area contributed by atoms with Crippen molar-refractivity contribution in [3.05, 3.63) is 0 Å². The van der Waals surface area contributed by atoms with Crippen LogP contribution in [-0.4, -0.2) is 79.3 Å². The Bertz CT molecular complexity index is 340. The molecule has 8 nitrogen and oxygen atoms in total. The first-order valence-corrected chi connectivity index (χ1v) is 5.30. The van der Waals surface area contributed by atoms with E-state index in [9.17, 15) is 33.6 Å². The van der Waals surface area contributed by atoms with Crippen molar-refractivity contribution in [1.82, 2.24) is 0 Å². The van der Waals surface area contributed by atoms with Gasteiger partial charge in [-0.2, -0.15) is 13.2 Å². The number of alkyl halides is 3. The van der Waals surface area contributed by atoms with Crippen LogP contribution in [0.25, 0.3) is 0 Å². The third kappa shape index (κ3) is 4.54. The molecule has 1 fully saturated rings. The van der Waals surface area contributed by atoms with Crippen molar-refractivity contribution in [2.75, 3.05) is 6.61 Å². The van der Waals surface area contributed by atoms with Crippen LogP contribution in [0.1, 0.15) is 6.42 Å². The summed E-state index contributed by atoms with van der Waals surface area (Å²) < 4.78 is 31.7. The lowest BCUT2D eigenvalue weighted by atomic mass is 9.77. The first kappa shape index (κ1) is 19.0. The van der Waals surface area contributed by atoms with Crippen LogP contribution in [0.5, 0.6) is 0 Å². The highest BCUT2D eigenvalue weighted by Crippen LogP contribution is 2.28. The van der Waals surface area contributed by atoms with Gasteiger partial charge in [0.1, 0.15) is 11.7 Å². The molecule has 0 aromatic heterocycles. The number of hydrogen-bond acceptors (Lipinski definition) is 7. The van der Waals surface area contributed by atoms with Gasteiger partial charge in [-0.05, 0) is 0 Å². The summed E-state index contributed by atoms with van der Waals surface area (Å²) in [5, 5.41) is 53.3. The van der Waals surface area contributed by atoms with Gasteiger partial charge in [0.15, 0.2) is 0 Å². The molecule has 0 amide bonds. The molecular weight excluding hydrogens is 291 g/mol. The van der Waals surface area contributed by atoms with Crippen molar-refractivity contribution in [1.29, 1.82) is 0 Å². The Labute approximate surface area is 110 Å². The van der Waals surface area contributed by atoms with Crippen molar-refractivity contribution in [2.45, 2.75) is 42.6 Å². The van der Waals surface area contributed by atoms with Crippen LogP contribution in [0.3, 0.4) is 0 Å². The molecular formula is C9H16F3NO7. The highest BCUT2D eigenvalue weighted by Gasteiger charge is 2.49. The van der Waals surface area contributed by atoms with Crippen molar-refractivity contribution >= 4 is 5.97 Å². The topological polar surface area (TPSA) is 164 Å². The van der Waals surface area contributed by atoms with Gasteiger partial charge in [0.25, 0.3) is 0 Å². The van der Waals surface area contributed by atoms with E-state index in [1.165, 1.54) is 0 Å². The Morgan fingerprint density at radius 1 is 1.30 bits per heavy atom. The zero-order valence-corrected chi connectivity index (χ0v) is 10.0. The Kier molecular flexibility index (Phi) is 6.32. The quantitative estimate of drug-likeness (QED) is 0.272. The second-order valence-electron chi connectivity index (χ2n) is 4.35. The van der Waals surface area contributed by atoms with E-state index in [0.29, 0.717) is 0 Å². The standard InChI is InChI=1S/C7H15NO5.C2HF3O2/c8-4-5(11)3(10)1-7(13,2-9)6(4)12;3-2(4,5)1(6)7/h3-6,9-13H,1-2,8H2;(H,6,7)/t3-,4+,5+,6-,7+;/m1./s1. The van der Waals surface area contributed by atoms with E-state index in [4.69, 9.17) is 20.7 Å². The summed E-state index contributed by atoms with van der Waals surface area (Å²) >= 11 is 0. The molecule has 0 spiro atoms. The molecule has 0 unspecified atom stereocenters. The minimum Gasteiger partial charge on any atom is -0.475 e. The molecule has 0 radical (unpaired) electrons. The molecule has 0 heterocycles. The predicted octanol–water partition coefficient (Wildman–Crippen LogP) is -2.84. The fourth-order valence-electron chi connectivity index (χ4n) is 1.56. The highest BCUT2D eigenvalue weighted by molar-refractivity contribution is 5.73. The molecule has 5 atom stereocenters. The van der Waals surface area contributed by atoms with E-state index >= 15 is 0 Å². The molecule has 0 aliphatic heterocycles. The summed E-state index contributed by atoms with van der Waals surface area (Å²) in [6, 6.07) is -1.15. The van der Waals surface area contributed by atoms with E-state index in [-0.39, 0.29) is 6.42 Å². The smallest absolute Gasteiger partial charge is 0.475 e. The van der Waals surface area contributed by atoms with Crippen LogP contribution in [-0.2, 0) is 4.79 Å². The predicted molar refractivity (Wildman–Crippen MR) is 56.3 cm³/mol. The first-order valence-electron chi connectivity index (χ1n) is 5.30. The van der Waals surface area contributed by atoms with Gasteiger partial charge >= 0.3 is 12.1 Å². The maximum absolute atomic E-state index is 10.6. The number of aliphatic hydroxyl groups excluding tert-OH is 4. The molecule has 1 aliphatic carbocycles. The Morgan fingerprint density at radius 2 is 1.70 bits per heavy atom. The molecule has 0 saturated heterocycles. The number of aliphatic carboxylic acids is 1. The Morgan fingerprint density at radius 3 is 2.00 bits per heavy atom. The third-order valence-electron chi connectivity index (χ3n) is 2.78. The van der Waals surface area contributed by atoms with Gasteiger partial charge in [0.05, 0.1) is 24.9 Å². The van der Waals surface area contributed by atoms with Crippen LogP contribution in [0.15, 0.2) is 0 Å². The van der Waals surface area contributed by atoms with Crippen LogP contribution in [0.4, 0.5) is 13.2 Å². The van der Waals surface area contributed by atoms with Gasteiger partial charge < -0.3 is 36.4 Å². The summed E-state index contributed by atoms with van der Waals surface area (Å²) in [5.74, 6) is -2.76. The molecule has 1 aliphatic rings. The fourth-order valence-corrected chi connectivity index (χ4v) is 1.56. The summed E-state index contributed by atoms with van der Waals surface area (Å²) in [5.41, 5.74) is 3.51. The second kappa shape index (κ2) is 6.65. The molecule has 8 N–H and O–H groups in total. The lowest BCUT2D eigenvalue weighted by molar-refractivity contribution is -0.192. The molecule has 1 saturated carbocycles. The zero-order chi connectivity index (χ0) is 16.3. The fraction of sp³-hybridized carbons (Fsp3) is 0.889. The van der Waals surface area contributed by atoms with E-state index in [2.05, 4.69) is 0 Å². The maximum atomic E-state index is 10.6. The molecule has 20 heavy (non-hydrogen) atoms. The van der Waals surface area contributed by atoms with Crippen LogP contribution < -0.4 is 5.73 Å². The minimum atomic E-state index is -5.08. The number of halogens is 3. The van der Waals surface area contributed by atoms with Gasteiger partial charge in [-0.25, -0.2) is 4.79 Å². The monoisotopic (exact) mass is 307 g/mol. The number of aliphatic hydroxyl groups is 5. The summed E-state index contributed by atoms with van der Waals surface area (Å²) in [6.45, 7) is -0.703. The second-order valence-corrected chi connectivity index (χ2v) is 4.35. The van der Waals surface area contributed by atoms with Crippen LogP contribution >= 0.6 is 0 Å². The number of carbonyl (C=O) groups is 1. The first-order chi connectivity index (χ1) is 8.86. The molecule has 11 heteroatoms. The van der Waals surface area contributed by atoms with Gasteiger partial charge in [-0.3, -0.25) is 0 Å². The number of rotatable bonds is 1. The number of carboxylic acid groups (broad SMARTS) is 1. The molecule has 0 bridgehead atoms. The summed E-state index contributed by atoms with van der Waals surface area (Å²) in [4.78, 5) is 8.90. The number of nitrogens with two attached hydrogens (primary N) is 1. The largest absolute Gasteiger partial charge is 0.490 e. The third-order valence-corrected chi connectivity index (χ3v) is 2.78. The molecule has 0 aromatic rings. The lowest BCUT2D eigenvalue weighted by Gasteiger charge is -2.43. The van der Waals surface area contributed by atoms with E-state index in [1.807, 2.05) is 0 Å². The van der Waals surface area contributed by atoms with Crippen LogP contribution in [0.2, 0.25) is 0 Å². The molecule has 1 rings (SSSR count). The summed E-state index contributed by atoms with van der Waals surface area (Å²) in [7, 11) is 0. The van der Waals surface area contributed by atoms with Crippen molar-refractivity contribution in [3.8, 4) is 0 Å². The van der Waals surface area contributed by atoms with Crippen molar-refractivity contribution < 1.29 is 48.6 Å². The van der Waals surface area contributed by atoms with Gasteiger partial charge in [-0.1, -0.05) is 0 Å².